The molecule has 0 bridgehead atoms. The number of rotatable bonds is 3. The van der Waals surface area contributed by atoms with E-state index in [1.54, 1.807) is 6.08 Å². The van der Waals surface area contributed by atoms with Crippen LogP contribution in [0.25, 0.3) is 0 Å². The lowest BCUT2D eigenvalue weighted by Crippen LogP contribution is -1.80. The molecule has 12 heavy (non-hydrogen) atoms. The van der Waals surface area contributed by atoms with Crippen molar-refractivity contribution >= 4 is 0 Å². The van der Waals surface area contributed by atoms with Crippen molar-refractivity contribution in [3.05, 3.63) is 60.2 Å². The fourth-order valence-corrected chi connectivity index (χ4v) is 1.14. The van der Waals surface area contributed by atoms with E-state index in [2.05, 4.69) is 43.8 Å². The maximum absolute atomic E-state index is 3.62. The topological polar surface area (TPSA) is 0 Å². The van der Waals surface area contributed by atoms with Crippen molar-refractivity contribution in [2.24, 2.45) is 0 Å². The molecule has 1 aromatic carbocycles. The smallest absolute Gasteiger partial charge is 0.00942 e. The van der Waals surface area contributed by atoms with Crippen molar-refractivity contribution in [1.29, 1.82) is 0 Å². The molecule has 0 amide bonds. The number of benzene rings is 1. The van der Waals surface area contributed by atoms with Gasteiger partial charge in [-0.15, -0.1) is 0 Å². The van der Waals surface area contributed by atoms with Gasteiger partial charge in [0.15, 0.2) is 0 Å². The maximum atomic E-state index is 3.62. The van der Waals surface area contributed by atoms with E-state index < -0.39 is 0 Å². The monoisotopic (exact) mass is 158 g/mol. The molecular formula is C12H14. The number of allylic oxidation sites excluding steroid dienone is 3. The van der Waals surface area contributed by atoms with E-state index in [9.17, 15) is 0 Å². The Bertz CT molecular complexity index is 282. The van der Waals surface area contributed by atoms with Crippen molar-refractivity contribution in [2.45, 2.75) is 13.3 Å². The highest BCUT2D eigenvalue weighted by atomic mass is 13.9. The minimum atomic E-state index is 0.994. The normalized spacial score (nSPS) is 10.4. The first-order valence-corrected chi connectivity index (χ1v) is 4.16. The third-order valence-corrected chi connectivity index (χ3v) is 1.71. The summed E-state index contributed by atoms with van der Waals surface area (Å²) in [5.74, 6) is 0. The zero-order valence-corrected chi connectivity index (χ0v) is 7.46. The van der Waals surface area contributed by atoms with Gasteiger partial charge in [0.25, 0.3) is 0 Å². The quantitative estimate of drug-likeness (QED) is 0.592. The summed E-state index contributed by atoms with van der Waals surface area (Å²) < 4.78 is 0. The average molecular weight is 158 g/mol. The SMILES string of the molecule is C=C/C=C/Cc1cccc(C)c1. The Morgan fingerprint density at radius 3 is 2.92 bits per heavy atom. The second-order valence-electron chi connectivity index (χ2n) is 2.86. The largest absolute Gasteiger partial charge is 0.0991 e. The van der Waals surface area contributed by atoms with E-state index in [1.165, 1.54) is 11.1 Å². The minimum Gasteiger partial charge on any atom is -0.0991 e. The molecule has 0 spiro atoms. The number of hydrogen-bond acceptors (Lipinski definition) is 0. The van der Waals surface area contributed by atoms with Crippen molar-refractivity contribution in [1.82, 2.24) is 0 Å². The number of aryl methyl sites for hydroxylation is 1. The van der Waals surface area contributed by atoms with Gasteiger partial charge in [0.05, 0.1) is 0 Å². The summed E-state index contributed by atoms with van der Waals surface area (Å²) in [4.78, 5) is 0. The van der Waals surface area contributed by atoms with Crippen LogP contribution in [-0.2, 0) is 6.42 Å². The van der Waals surface area contributed by atoms with Crippen LogP contribution in [0.2, 0.25) is 0 Å². The van der Waals surface area contributed by atoms with Gasteiger partial charge in [-0.3, -0.25) is 0 Å². The van der Waals surface area contributed by atoms with Crippen molar-refractivity contribution < 1.29 is 0 Å². The lowest BCUT2D eigenvalue weighted by atomic mass is 10.1. The molecule has 0 nitrogen and oxygen atoms in total. The fraction of sp³-hybridized carbons (Fsp3) is 0.167. The highest BCUT2D eigenvalue weighted by Gasteiger charge is 1.88. The van der Waals surface area contributed by atoms with E-state index >= 15 is 0 Å². The summed E-state index contributed by atoms with van der Waals surface area (Å²) in [6.07, 6.45) is 6.88. The van der Waals surface area contributed by atoms with Crippen LogP contribution >= 0.6 is 0 Å². The Labute approximate surface area is 74.2 Å². The summed E-state index contributed by atoms with van der Waals surface area (Å²) in [5.41, 5.74) is 2.67. The zero-order valence-electron chi connectivity index (χ0n) is 7.46. The Kier molecular flexibility index (Phi) is 3.34. The summed E-state index contributed by atoms with van der Waals surface area (Å²) in [6, 6.07) is 8.54. The van der Waals surface area contributed by atoms with Gasteiger partial charge in [0.1, 0.15) is 0 Å². The van der Waals surface area contributed by atoms with Crippen molar-refractivity contribution in [2.75, 3.05) is 0 Å². The maximum Gasteiger partial charge on any atom is -0.00942 e. The molecular weight excluding hydrogens is 144 g/mol. The second-order valence-corrected chi connectivity index (χ2v) is 2.86. The highest BCUT2D eigenvalue weighted by Crippen LogP contribution is 2.04. The first kappa shape index (κ1) is 8.79. The van der Waals surface area contributed by atoms with Crippen molar-refractivity contribution in [3.63, 3.8) is 0 Å². The van der Waals surface area contributed by atoms with E-state index in [4.69, 9.17) is 0 Å². The zero-order chi connectivity index (χ0) is 8.81. The Balaban J connectivity index is 2.63. The van der Waals surface area contributed by atoms with Crippen molar-refractivity contribution in [3.8, 4) is 0 Å². The van der Waals surface area contributed by atoms with Crippen LogP contribution in [0.15, 0.2) is 49.1 Å². The molecule has 1 rings (SSSR count). The van der Waals surface area contributed by atoms with Gasteiger partial charge in [-0.25, -0.2) is 0 Å². The summed E-state index contributed by atoms with van der Waals surface area (Å²) >= 11 is 0. The van der Waals surface area contributed by atoms with Crippen LogP contribution in [0, 0.1) is 6.92 Å². The molecule has 0 aromatic heterocycles. The lowest BCUT2D eigenvalue weighted by molar-refractivity contribution is 1.25. The van der Waals surface area contributed by atoms with Gasteiger partial charge in [0.2, 0.25) is 0 Å². The highest BCUT2D eigenvalue weighted by molar-refractivity contribution is 5.24. The van der Waals surface area contributed by atoms with Gasteiger partial charge in [0, 0.05) is 0 Å². The van der Waals surface area contributed by atoms with Crippen LogP contribution in [0.1, 0.15) is 11.1 Å². The molecule has 0 heterocycles. The van der Waals surface area contributed by atoms with Crippen LogP contribution in [0.4, 0.5) is 0 Å². The van der Waals surface area contributed by atoms with Gasteiger partial charge in [-0.1, -0.05) is 54.6 Å². The number of hydrogen-bond donors (Lipinski definition) is 0. The molecule has 1 aromatic rings. The summed E-state index contributed by atoms with van der Waals surface area (Å²) in [5, 5.41) is 0. The van der Waals surface area contributed by atoms with Gasteiger partial charge in [-0.2, -0.15) is 0 Å². The molecule has 0 heteroatoms. The summed E-state index contributed by atoms with van der Waals surface area (Å²) in [6.45, 7) is 5.73. The molecule has 0 aliphatic carbocycles. The molecule has 0 radical (unpaired) electrons. The van der Waals surface area contributed by atoms with Gasteiger partial charge in [-0.05, 0) is 18.9 Å². The predicted octanol–water partition coefficient (Wildman–Crippen LogP) is 3.28. The molecule has 62 valence electrons. The molecule has 0 saturated carbocycles. The van der Waals surface area contributed by atoms with Crippen LogP contribution in [0.5, 0.6) is 0 Å². The van der Waals surface area contributed by atoms with Gasteiger partial charge < -0.3 is 0 Å². The van der Waals surface area contributed by atoms with E-state index in [1.807, 2.05) is 6.08 Å². The second kappa shape index (κ2) is 4.55. The average Bonchev–Trinajstić information content (AvgIpc) is 2.05. The molecule has 0 fully saturated rings. The van der Waals surface area contributed by atoms with Crippen LogP contribution in [-0.4, -0.2) is 0 Å². The Hall–Kier alpha value is -1.30. The third-order valence-electron chi connectivity index (χ3n) is 1.71. The minimum absolute atomic E-state index is 0.994. The molecule has 0 N–H and O–H groups in total. The van der Waals surface area contributed by atoms with Crippen LogP contribution in [0.3, 0.4) is 0 Å². The summed E-state index contributed by atoms with van der Waals surface area (Å²) in [7, 11) is 0. The molecule has 0 aliphatic rings. The Morgan fingerprint density at radius 2 is 2.25 bits per heavy atom. The molecule has 0 saturated heterocycles. The lowest BCUT2D eigenvalue weighted by Gasteiger charge is -1.96. The first-order valence-electron chi connectivity index (χ1n) is 4.16. The first-order chi connectivity index (χ1) is 5.83. The standard InChI is InChI=1S/C12H14/c1-3-4-5-8-12-9-6-7-11(2)10-12/h3-7,9-10H,1,8H2,2H3/b5-4+. The van der Waals surface area contributed by atoms with E-state index in [-0.39, 0.29) is 0 Å². The van der Waals surface area contributed by atoms with E-state index in [0.29, 0.717) is 0 Å². The van der Waals surface area contributed by atoms with E-state index in [0.717, 1.165) is 6.42 Å². The fourth-order valence-electron chi connectivity index (χ4n) is 1.14. The third kappa shape index (κ3) is 2.75. The predicted molar refractivity (Wildman–Crippen MR) is 54.2 cm³/mol. The Morgan fingerprint density at radius 1 is 1.42 bits per heavy atom. The molecule has 0 aliphatic heterocycles. The van der Waals surface area contributed by atoms with Gasteiger partial charge >= 0.3 is 0 Å². The van der Waals surface area contributed by atoms with Crippen LogP contribution < -0.4 is 0 Å². The molecule has 0 atom stereocenters. The molecule has 0 unspecified atom stereocenters.